The molecular formula is C24H20N2O3. The Balaban J connectivity index is 1.38. The van der Waals surface area contributed by atoms with Crippen molar-refractivity contribution in [3.05, 3.63) is 83.2 Å². The molecule has 1 N–H and O–H groups in total. The van der Waals surface area contributed by atoms with Crippen LogP contribution < -0.4 is 0 Å². The van der Waals surface area contributed by atoms with Gasteiger partial charge < -0.3 is 14.3 Å². The number of aromatic nitrogens is 1. The quantitative estimate of drug-likeness (QED) is 0.515. The molecule has 0 spiro atoms. The molecule has 144 valence electrons. The van der Waals surface area contributed by atoms with E-state index in [1.165, 1.54) is 23.6 Å². The molecule has 2 aromatic heterocycles. The second-order valence-electron chi connectivity index (χ2n) is 7.40. The van der Waals surface area contributed by atoms with Gasteiger partial charge in [0.1, 0.15) is 5.76 Å². The second-order valence-corrected chi connectivity index (χ2v) is 7.40. The number of nitrogens with one attached hydrogen (secondary N) is 1. The number of aromatic amines is 1. The Hall–Kier alpha value is -3.60. The van der Waals surface area contributed by atoms with Crippen LogP contribution in [0.4, 0.5) is 0 Å². The third-order valence-electron chi connectivity index (χ3n) is 5.56. The first-order valence-corrected chi connectivity index (χ1v) is 9.69. The number of carbonyl (C=O) groups excluding carboxylic acids is 2. The van der Waals surface area contributed by atoms with Crippen molar-refractivity contribution in [1.29, 1.82) is 0 Å². The first kappa shape index (κ1) is 17.5. The molecule has 5 nitrogen and oxygen atoms in total. The molecule has 0 unspecified atom stereocenters. The highest BCUT2D eigenvalue weighted by Crippen LogP contribution is 2.29. The van der Waals surface area contributed by atoms with Gasteiger partial charge in [0.2, 0.25) is 0 Å². The molecule has 1 amide bonds. The average Bonchev–Trinajstić information content (AvgIpc) is 3.38. The van der Waals surface area contributed by atoms with Crippen molar-refractivity contribution >= 4 is 22.6 Å². The number of nitrogens with zero attached hydrogens (tertiary/aromatic N) is 1. The number of furan rings is 1. The molecule has 0 atom stereocenters. The largest absolute Gasteiger partial charge is 0.451 e. The van der Waals surface area contributed by atoms with Gasteiger partial charge in [-0.1, -0.05) is 42.5 Å². The monoisotopic (exact) mass is 384 g/mol. The van der Waals surface area contributed by atoms with Crippen LogP contribution in [-0.2, 0) is 13.0 Å². The molecule has 5 rings (SSSR count). The van der Waals surface area contributed by atoms with E-state index in [0.717, 1.165) is 17.5 Å². The van der Waals surface area contributed by atoms with Crippen LogP contribution in [0.1, 0.15) is 39.1 Å². The molecule has 3 heterocycles. The van der Waals surface area contributed by atoms with E-state index in [0.29, 0.717) is 30.2 Å². The number of amides is 1. The number of benzene rings is 2. The maximum atomic E-state index is 13.0. The number of para-hydroxylation sites is 1. The lowest BCUT2D eigenvalue weighted by molar-refractivity contribution is 0.0703. The van der Waals surface area contributed by atoms with Gasteiger partial charge in [0.05, 0.1) is 0 Å². The van der Waals surface area contributed by atoms with Crippen LogP contribution in [0.25, 0.3) is 22.2 Å². The third kappa shape index (κ3) is 3.05. The Bertz CT molecular complexity index is 1230. The topological polar surface area (TPSA) is 66.3 Å². The van der Waals surface area contributed by atoms with E-state index in [-0.39, 0.29) is 11.7 Å². The Labute approximate surface area is 167 Å². The molecule has 5 heteroatoms. The van der Waals surface area contributed by atoms with Gasteiger partial charge in [-0.25, -0.2) is 0 Å². The minimum Gasteiger partial charge on any atom is -0.451 e. The van der Waals surface area contributed by atoms with Crippen LogP contribution in [0, 0.1) is 0 Å². The van der Waals surface area contributed by atoms with Gasteiger partial charge in [-0.05, 0) is 25.1 Å². The van der Waals surface area contributed by atoms with Crippen molar-refractivity contribution in [3.8, 4) is 11.3 Å². The van der Waals surface area contributed by atoms with Gasteiger partial charge >= 0.3 is 0 Å². The van der Waals surface area contributed by atoms with Crippen molar-refractivity contribution in [2.75, 3.05) is 6.54 Å². The van der Waals surface area contributed by atoms with Gasteiger partial charge in [-0.2, -0.15) is 0 Å². The molecule has 0 aliphatic carbocycles. The van der Waals surface area contributed by atoms with Crippen molar-refractivity contribution < 1.29 is 14.0 Å². The van der Waals surface area contributed by atoms with E-state index < -0.39 is 0 Å². The van der Waals surface area contributed by atoms with Gasteiger partial charge in [0.25, 0.3) is 5.91 Å². The summed E-state index contributed by atoms with van der Waals surface area (Å²) in [5.41, 5.74) is 5.00. The van der Waals surface area contributed by atoms with Crippen LogP contribution in [0.2, 0.25) is 0 Å². The van der Waals surface area contributed by atoms with E-state index in [2.05, 4.69) is 17.1 Å². The van der Waals surface area contributed by atoms with Crippen molar-refractivity contribution in [3.63, 3.8) is 0 Å². The lowest BCUT2D eigenvalue weighted by Crippen LogP contribution is -2.35. The summed E-state index contributed by atoms with van der Waals surface area (Å²) in [6.45, 7) is 2.76. The molecule has 1 aliphatic rings. The average molecular weight is 384 g/mol. The molecular weight excluding hydrogens is 364 g/mol. The Morgan fingerprint density at radius 1 is 1.00 bits per heavy atom. The number of Topliss-reactive ketones (excluding diaryl/α,β-unsaturated/α-hetero) is 1. The molecule has 29 heavy (non-hydrogen) atoms. The third-order valence-corrected chi connectivity index (χ3v) is 5.56. The number of hydrogen-bond donors (Lipinski definition) is 1. The fourth-order valence-corrected chi connectivity index (χ4v) is 3.97. The molecule has 4 aromatic rings. The van der Waals surface area contributed by atoms with Gasteiger partial charge in [-0.15, -0.1) is 0 Å². The van der Waals surface area contributed by atoms with Gasteiger partial charge in [-0.3, -0.25) is 9.59 Å². The van der Waals surface area contributed by atoms with Crippen molar-refractivity contribution in [2.24, 2.45) is 0 Å². The number of H-pyrrole nitrogens is 1. The normalized spacial score (nSPS) is 13.5. The summed E-state index contributed by atoms with van der Waals surface area (Å²) in [7, 11) is 0. The first-order valence-electron chi connectivity index (χ1n) is 9.69. The number of fused-ring (bicyclic) bond motifs is 3. The summed E-state index contributed by atoms with van der Waals surface area (Å²) in [4.78, 5) is 29.8. The molecule has 0 saturated carbocycles. The van der Waals surface area contributed by atoms with E-state index >= 15 is 0 Å². The summed E-state index contributed by atoms with van der Waals surface area (Å²) in [5.74, 6) is 0.869. The number of hydrogen-bond acceptors (Lipinski definition) is 3. The molecule has 1 aliphatic heterocycles. The number of ketones is 1. The summed E-state index contributed by atoms with van der Waals surface area (Å²) < 4.78 is 5.86. The SMILES string of the molecule is CC(=O)c1ccc(-c2ccc(C(=O)N3CCc4[nH]c5ccccc5c4C3)o2)cc1. The first-order chi connectivity index (χ1) is 14.1. The van der Waals surface area contributed by atoms with Crippen LogP contribution in [0.3, 0.4) is 0 Å². The minimum atomic E-state index is -0.104. The Morgan fingerprint density at radius 2 is 1.79 bits per heavy atom. The zero-order valence-electron chi connectivity index (χ0n) is 16.1. The zero-order chi connectivity index (χ0) is 20.0. The van der Waals surface area contributed by atoms with Gasteiger partial charge in [0.15, 0.2) is 11.5 Å². The van der Waals surface area contributed by atoms with Crippen LogP contribution in [0.15, 0.2) is 65.1 Å². The molecule has 2 aromatic carbocycles. The lowest BCUT2D eigenvalue weighted by Gasteiger charge is -2.26. The number of carbonyl (C=O) groups is 2. The van der Waals surface area contributed by atoms with E-state index in [1.807, 2.05) is 29.2 Å². The predicted molar refractivity (Wildman–Crippen MR) is 111 cm³/mol. The van der Waals surface area contributed by atoms with Crippen molar-refractivity contribution in [2.45, 2.75) is 19.9 Å². The van der Waals surface area contributed by atoms with Crippen LogP contribution in [0.5, 0.6) is 0 Å². The zero-order valence-corrected chi connectivity index (χ0v) is 16.1. The molecule has 0 radical (unpaired) electrons. The highest BCUT2D eigenvalue weighted by molar-refractivity contribution is 5.95. The van der Waals surface area contributed by atoms with Crippen molar-refractivity contribution in [1.82, 2.24) is 9.88 Å². The lowest BCUT2D eigenvalue weighted by atomic mass is 10.0. The Kier molecular flexibility index (Phi) is 4.09. The maximum absolute atomic E-state index is 13.0. The molecule has 0 fully saturated rings. The van der Waals surface area contributed by atoms with E-state index in [4.69, 9.17) is 4.42 Å². The highest BCUT2D eigenvalue weighted by Gasteiger charge is 2.26. The standard InChI is InChI=1S/C24H20N2O3/c1-15(27)16-6-8-17(9-7-16)22-10-11-23(29-22)24(28)26-13-12-21-19(14-26)18-4-2-3-5-20(18)25-21/h2-11,25H,12-14H2,1H3. The van der Waals surface area contributed by atoms with Crippen LogP contribution >= 0.6 is 0 Å². The predicted octanol–water partition coefficient (Wildman–Crippen LogP) is 4.83. The second kappa shape index (κ2) is 6.78. The van der Waals surface area contributed by atoms with Crippen LogP contribution in [-0.4, -0.2) is 28.1 Å². The smallest absolute Gasteiger partial charge is 0.289 e. The Morgan fingerprint density at radius 3 is 2.59 bits per heavy atom. The summed E-state index contributed by atoms with van der Waals surface area (Å²) >= 11 is 0. The highest BCUT2D eigenvalue weighted by atomic mass is 16.4. The van der Waals surface area contributed by atoms with E-state index in [1.54, 1.807) is 24.3 Å². The van der Waals surface area contributed by atoms with E-state index in [9.17, 15) is 9.59 Å². The fraction of sp³-hybridized carbons (Fsp3) is 0.167. The minimum absolute atomic E-state index is 0.0219. The number of rotatable bonds is 3. The molecule has 0 saturated heterocycles. The summed E-state index contributed by atoms with van der Waals surface area (Å²) in [5, 5.41) is 1.17. The summed E-state index contributed by atoms with van der Waals surface area (Å²) in [6.07, 6.45) is 0.801. The fourth-order valence-electron chi connectivity index (χ4n) is 3.97. The maximum Gasteiger partial charge on any atom is 0.289 e. The summed E-state index contributed by atoms with van der Waals surface area (Å²) in [6, 6.07) is 18.9. The molecule has 0 bridgehead atoms. The van der Waals surface area contributed by atoms with Gasteiger partial charge in [0, 0.05) is 52.8 Å².